The molecule has 2 atom stereocenters. The Balaban J connectivity index is 1.65. The largest absolute Gasteiger partial charge is 0.467 e. The van der Waals surface area contributed by atoms with Gasteiger partial charge < -0.3 is 4.74 Å². The highest BCUT2D eigenvalue weighted by Crippen LogP contribution is 2.33. The second-order valence-electron chi connectivity index (χ2n) is 6.51. The molecule has 0 aliphatic carbocycles. The summed E-state index contributed by atoms with van der Waals surface area (Å²) in [5.74, 6) is 0.742. The van der Waals surface area contributed by atoms with E-state index in [4.69, 9.17) is 9.73 Å². The van der Waals surface area contributed by atoms with Crippen LogP contribution in [-0.4, -0.2) is 11.9 Å². The lowest BCUT2D eigenvalue weighted by Gasteiger charge is -2.18. The van der Waals surface area contributed by atoms with Crippen LogP contribution in [-0.2, 0) is 11.2 Å². The molecule has 1 heterocycles. The first-order chi connectivity index (χ1) is 12.3. The number of aryl methyl sites for hydroxylation is 1. The average Bonchev–Trinajstić information content (AvgIpc) is 3.09. The van der Waals surface area contributed by atoms with Crippen molar-refractivity contribution in [3.8, 4) is 0 Å². The van der Waals surface area contributed by atoms with Crippen LogP contribution in [0.1, 0.15) is 28.4 Å². The monoisotopic (exact) mass is 327 g/mol. The van der Waals surface area contributed by atoms with Crippen LogP contribution >= 0.6 is 0 Å². The van der Waals surface area contributed by atoms with E-state index in [1.165, 1.54) is 16.7 Å². The van der Waals surface area contributed by atoms with Gasteiger partial charge in [-0.2, -0.15) is 0 Å². The van der Waals surface area contributed by atoms with Gasteiger partial charge in [-0.1, -0.05) is 78.4 Å². The van der Waals surface area contributed by atoms with E-state index in [0.29, 0.717) is 0 Å². The van der Waals surface area contributed by atoms with Crippen LogP contribution in [0.5, 0.6) is 0 Å². The van der Waals surface area contributed by atoms with Gasteiger partial charge in [-0.05, 0) is 36.6 Å². The third-order valence-electron chi connectivity index (χ3n) is 4.59. The Morgan fingerprint density at radius 2 is 1.44 bits per heavy atom. The van der Waals surface area contributed by atoms with Gasteiger partial charge in [0.2, 0.25) is 5.90 Å². The second-order valence-corrected chi connectivity index (χ2v) is 6.51. The summed E-state index contributed by atoms with van der Waals surface area (Å²) in [5, 5.41) is 0. The molecule has 124 valence electrons. The van der Waals surface area contributed by atoms with Crippen molar-refractivity contribution < 1.29 is 4.74 Å². The Morgan fingerprint density at radius 3 is 2.12 bits per heavy atom. The van der Waals surface area contributed by atoms with Crippen molar-refractivity contribution in [3.05, 3.63) is 107 Å². The lowest BCUT2D eigenvalue weighted by molar-refractivity contribution is 0.195. The quantitative estimate of drug-likeness (QED) is 0.651. The van der Waals surface area contributed by atoms with E-state index >= 15 is 0 Å². The minimum Gasteiger partial charge on any atom is -0.467 e. The van der Waals surface area contributed by atoms with Gasteiger partial charge in [0.25, 0.3) is 0 Å². The predicted molar refractivity (Wildman–Crippen MR) is 102 cm³/mol. The zero-order valence-electron chi connectivity index (χ0n) is 14.3. The van der Waals surface area contributed by atoms with Crippen LogP contribution in [0.15, 0.2) is 89.9 Å². The molecule has 0 amide bonds. The molecule has 0 saturated carbocycles. The zero-order valence-corrected chi connectivity index (χ0v) is 14.3. The molecule has 1 aliphatic heterocycles. The van der Waals surface area contributed by atoms with E-state index in [1.54, 1.807) is 0 Å². The van der Waals surface area contributed by atoms with Crippen molar-refractivity contribution in [2.45, 2.75) is 25.5 Å². The highest BCUT2D eigenvalue weighted by molar-refractivity contribution is 5.95. The van der Waals surface area contributed by atoms with E-state index in [-0.39, 0.29) is 12.1 Å². The van der Waals surface area contributed by atoms with Gasteiger partial charge in [0.15, 0.2) is 0 Å². The number of ether oxygens (including phenoxy) is 1. The van der Waals surface area contributed by atoms with Crippen molar-refractivity contribution in [2.75, 3.05) is 0 Å². The third kappa shape index (κ3) is 3.48. The molecule has 0 bridgehead atoms. The first-order valence-electron chi connectivity index (χ1n) is 8.70. The number of rotatable bonds is 4. The van der Waals surface area contributed by atoms with Gasteiger partial charge in [0.1, 0.15) is 6.10 Å². The van der Waals surface area contributed by atoms with Gasteiger partial charge in [0.05, 0.1) is 6.04 Å². The smallest absolute Gasteiger partial charge is 0.217 e. The van der Waals surface area contributed by atoms with Crippen LogP contribution in [0, 0.1) is 6.92 Å². The summed E-state index contributed by atoms with van der Waals surface area (Å²) in [5.41, 5.74) is 4.78. The summed E-state index contributed by atoms with van der Waals surface area (Å²) < 4.78 is 6.29. The SMILES string of the molecule is Cc1ccc(CC2N=C(c3ccccc3)OC2c2ccccc2)cc1. The molecule has 2 heteroatoms. The average molecular weight is 327 g/mol. The standard InChI is InChI=1S/C23H21NO/c1-17-12-14-18(15-13-17)16-21-22(19-8-4-2-5-9-19)25-23(24-21)20-10-6-3-7-11-20/h2-15,21-22H,16H2,1H3. The summed E-state index contributed by atoms with van der Waals surface area (Å²) in [7, 11) is 0. The van der Waals surface area contributed by atoms with Crippen molar-refractivity contribution in [1.82, 2.24) is 0 Å². The molecule has 0 radical (unpaired) electrons. The minimum atomic E-state index is -0.0438. The van der Waals surface area contributed by atoms with Crippen LogP contribution < -0.4 is 0 Å². The lowest BCUT2D eigenvalue weighted by atomic mass is 9.96. The molecule has 0 spiro atoms. The lowest BCUT2D eigenvalue weighted by Crippen LogP contribution is -2.17. The number of hydrogen-bond acceptors (Lipinski definition) is 2. The Labute approximate surface area is 148 Å². The fraction of sp³-hybridized carbons (Fsp3) is 0.174. The summed E-state index contributed by atoms with van der Waals surface area (Å²) in [6.45, 7) is 2.11. The Hall–Kier alpha value is -2.87. The molecular formula is C23H21NO. The summed E-state index contributed by atoms with van der Waals surface area (Å²) in [6, 6.07) is 29.3. The van der Waals surface area contributed by atoms with E-state index < -0.39 is 0 Å². The highest BCUT2D eigenvalue weighted by Gasteiger charge is 2.32. The summed E-state index contributed by atoms with van der Waals surface area (Å²) in [4.78, 5) is 4.93. The molecule has 0 aromatic heterocycles. The van der Waals surface area contributed by atoms with Crippen molar-refractivity contribution >= 4 is 5.90 Å². The Morgan fingerprint density at radius 1 is 0.800 bits per heavy atom. The first-order valence-corrected chi connectivity index (χ1v) is 8.70. The van der Waals surface area contributed by atoms with Gasteiger partial charge >= 0.3 is 0 Å². The maximum Gasteiger partial charge on any atom is 0.217 e. The van der Waals surface area contributed by atoms with Crippen molar-refractivity contribution in [1.29, 1.82) is 0 Å². The highest BCUT2D eigenvalue weighted by atomic mass is 16.5. The third-order valence-corrected chi connectivity index (χ3v) is 4.59. The molecule has 4 rings (SSSR count). The van der Waals surface area contributed by atoms with Crippen molar-refractivity contribution in [3.63, 3.8) is 0 Å². The molecule has 2 unspecified atom stereocenters. The normalized spacial score (nSPS) is 19.3. The van der Waals surface area contributed by atoms with Gasteiger partial charge in [-0.15, -0.1) is 0 Å². The molecule has 3 aromatic carbocycles. The molecule has 0 N–H and O–H groups in total. The zero-order chi connectivity index (χ0) is 17.1. The van der Waals surface area contributed by atoms with Gasteiger partial charge in [0, 0.05) is 5.56 Å². The van der Waals surface area contributed by atoms with Crippen LogP contribution in [0.25, 0.3) is 0 Å². The topological polar surface area (TPSA) is 21.6 Å². The molecule has 2 nitrogen and oxygen atoms in total. The van der Waals surface area contributed by atoms with Crippen LogP contribution in [0.4, 0.5) is 0 Å². The van der Waals surface area contributed by atoms with Gasteiger partial charge in [-0.3, -0.25) is 0 Å². The fourth-order valence-corrected chi connectivity index (χ4v) is 3.22. The number of benzene rings is 3. The molecule has 1 aliphatic rings. The fourth-order valence-electron chi connectivity index (χ4n) is 3.22. The van der Waals surface area contributed by atoms with E-state index in [2.05, 4.69) is 67.6 Å². The number of aliphatic imine (C=N–C) groups is 1. The molecule has 0 fully saturated rings. The second kappa shape index (κ2) is 6.94. The Bertz CT molecular complexity index is 854. The summed E-state index contributed by atoms with van der Waals surface area (Å²) in [6.07, 6.45) is 0.827. The number of nitrogens with zero attached hydrogens (tertiary/aromatic N) is 1. The maximum absolute atomic E-state index is 6.29. The molecule has 3 aromatic rings. The van der Waals surface area contributed by atoms with E-state index in [9.17, 15) is 0 Å². The van der Waals surface area contributed by atoms with E-state index in [0.717, 1.165) is 17.9 Å². The van der Waals surface area contributed by atoms with Crippen LogP contribution in [0.2, 0.25) is 0 Å². The molecule has 25 heavy (non-hydrogen) atoms. The Kier molecular flexibility index (Phi) is 4.34. The van der Waals surface area contributed by atoms with Crippen molar-refractivity contribution in [2.24, 2.45) is 4.99 Å². The number of hydrogen-bond donors (Lipinski definition) is 0. The van der Waals surface area contributed by atoms with Gasteiger partial charge in [-0.25, -0.2) is 4.99 Å². The van der Waals surface area contributed by atoms with E-state index in [1.807, 2.05) is 24.3 Å². The molecule has 0 saturated heterocycles. The molecular weight excluding hydrogens is 306 g/mol. The summed E-state index contributed by atoms with van der Waals surface area (Å²) >= 11 is 0. The minimum absolute atomic E-state index is 0.0438. The maximum atomic E-state index is 6.29. The first kappa shape index (κ1) is 15.6. The van der Waals surface area contributed by atoms with Crippen LogP contribution in [0.3, 0.4) is 0 Å². The predicted octanol–water partition coefficient (Wildman–Crippen LogP) is 5.12.